The lowest BCUT2D eigenvalue weighted by Crippen LogP contribution is -2.55. The monoisotopic (exact) mass is 291 g/mol. The average molecular weight is 291 g/mol. The summed E-state index contributed by atoms with van der Waals surface area (Å²) in [6.45, 7) is 14.2. The Kier molecular flexibility index (Phi) is 4.23. The summed E-state index contributed by atoms with van der Waals surface area (Å²) in [5.74, 6) is 0.611. The van der Waals surface area contributed by atoms with Crippen molar-refractivity contribution in [1.29, 1.82) is 0 Å². The Labute approximate surface area is 129 Å². The van der Waals surface area contributed by atoms with Crippen LogP contribution >= 0.6 is 0 Å². The lowest BCUT2D eigenvalue weighted by Gasteiger charge is -2.54. The number of rotatable bonds is 3. The Morgan fingerprint density at radius 3 is 2.14 bits per heavy atom. The van der Waals surface area contributed by atoms with E-state index in [1.54, 1.807) is 12.1 Å². The molecule has 1 nitrogen and oxygen atoms in total. The summed E-state index contributed by atoms with van der Waals surface area (Å²) in [7, 11) is 0. The molecule has 0 aliphatic heterocycles. The van der Waals surface area contributed by atoms with Crippen LogP contribution in [0.2, 0.25) is 0 Å². The van der Waals surface area contributed by atoms with Gasteiger partial charge < -0.3 is 5.32 Å². The van der Waals surface area contributed by atoms with Gasteiger partial charge in [-0.15, -0.1) is 0 Å². The van der Waals surface area contributed by atoms with Crippen molar-refractivity contribution in [2.24, 2.45) is 11.3 Å². The fraction of sp³-hybridized carbons (Fsp3) is 0.684. The Hall–Kier alpha value is -0.890. The maximum Gasteiger partial charge on any atom is 0.127 e. The molecule has 0 aromatic heterocycles. The van der Waals surface area contributed by atoms with E-state index < -0.39 is 0 Å². The first-order valence-electron chi connectivity index (χ1n) is 8.04. The molecule has 1 saturated carbocycles. The van der Waals surface area contributed by atoms with Crippen molar-refractivity contribution in [1.82, 2.24) is 5.32 Å². The van der Waals surface area contributed by atoms with E-state index in [-0.39, 0.29) is 16.8 Å². The van der Waals surface area contributed by atoms with Gasteiger partial charge in [-0.3, -0.25) is 0 Å². The first-order valence-corrected chi connectivity index (χ1v) is 8.04. The number of benzene rings is 1. The third-order valence-electron chi connectivity index (χ3n) is 4.90. The van der Waals surface area contributed by atoms with Crippen LogP contribution in [0.5, 0.6) is 0 Å². The van der Waals surface area contributed by atoms with Crippen molar-refractivity contribution in [2.45, 2.75) is 65.3 Å². The summed E-state index contributed by atoms with van der Waals surface area (Å²) in [6.07, 6.45) is 2.14. The normalized spacial score (nSPS) is 26.5. The minimum absolute atomic E-state index is 0.0451. The molecule has 2 heteroatoms. The maximum absolute atomic E-state index is 14.3. The number of nitrogens with one attached hydrogen (secondary N) is 1. The summed E-state index contributed by atoms with van der Waals surface area (Å²) in [4.78, 5) is 0. The van der Waals surface area contributed by atoms with Crippen LogP contribution in [0.25, 0.3) is 0 Å². The van der Waals surface area contributed by atoms with Gasteiger partial charge >= 0.3 is 0 Å². The SMILES string of the molecule is CC(C)(C)NCC1(c2ccccc2F)CC(C(C)(C)C)C1. The summed E-state index contributed by atoms with van der Waals surface area (Å²) >= 11 is 0. The molecule has 0 saturated heterocycles. The fourth-order valence-electron chi connectivity index (χ4n) is 3.28. The zero-order chi connectivity index (χ0) is 15.9. The van der Waals surface area contributed by atoms with Crippen molar-refractivity contribution >= 4 is 0 Å². The number of halogens is 1. The molecule has 1 N–H and O–H groups in total. The number of hydrogen-bond donors (Lipinski definition) is 1. The van der Waals surface area contributed by atoms with E-state index in [9.17, 15) is 4.39 Å². The van der Waals surface area contributed by atoms with Gasteiger partial charge in [0.2, 0.25) is 0 Å². The van der Waals surface area contributed by atoms with Crippen molar-refractivity contribution in [3.63, 3.8) is 0 Å². The highest BCUT2D eigenvalue weighted by molar-refractivity contribution is 5.31. The van der Waals surface area contributed by atoms with E-state index in [0.29, 0.717) is 11.3 Å². The molecule has 0 atom stereocenters. The molecule has 1 aromatic rings. The molecule has 0 radical (unpaired) electrons. The van der Waals surface area contributed by atoms with Crippen molar-refractivity contribution < 1.29 is 4.39 Å². The van der Waals surface area contributed by atoms with Gasteiger partial charge in [-0.05, 0) is 56.6 Å². The van der Waals surface area contributed by atoms with Crippen molar-refractivity contribution in [3.05, 3.63) is 35.6 Å². The molecule has 0 unspecified atom stereocenters. The quantitative estimate of drug-likeness (QED) is 0.834. The second-order valence-corrected chi connectivity index (χ2v) is 8.83. The minimum atomic E-state index is -0.0550. The Morgan fingerprint density at radius 1 is 1.10 bits per heavy atom. The van der Waals surface area contributed by atoms with Gasteiger partial charge in [0.25, 0.3) is 0 Å². The lowest BCUT2D eigenvalue weighted by atomic mass is 9.52. The molecule has 118 valence electrons. The third-order valence-corrected chi connectivity index (χ3v) is 4.90. The highest BCUT2D eigenvalue weighted by atomic mass is 19.1. The summed E-state index contributed by atoms with van der Waals surface area (Å²) < 4.78 is 14.3. The largest absolute Gasteiger partial charge is 0.311 e. The molecule has 2 rings (SSSR count). The van der Waals surface area contributed by atoms with Crippen molar-refractivity contribution in [2.75, 3.05) is 6.54 Å². The Bertz CT molecular complexity index is 482. The molecule has 1 aliphatic carbocycles. The molecule has 0 heterocycles. The van der Waals surface area contributed by atoms with E-state index in [1.165, 1.54) is 0 Å². The molecule has 0 bridgehead atoms. The molecule has 0 spiro atoms. The van der Waals surface area contributed by atoms with Gasteiger partial charge in [-0.25, -0.2) is 4.39 Å². The van der Waals surface area contributed by atoms with E-state index in [1.807, 2.05) is 12.1 Å². The molecule has 0 amide bonds. The third kappa shape index (κ3) is 3.66. The Morgan fingerprint density at radius 2 is 1.67 bits per heavy atom. The van der Waals surface area contributed by atoms with Gasteiger partial charge in [-0.1, -0.05) is 39.0 Å². The van der Waals surface area contributed by atoms with E-state index in [0.717, 1.165) is 24.9 Å². The second-order valence-electron chi connectivity index (χ2n) is 8.83. The molecule has 21 heavy (non-hydrogen) atoms. The van der Waals surface area contributed by atoms with Crippen molar-refractivity contribution in [3.8, 4) is 0 Å². The van der Waals surface area contributed by atoms with Gasteiger partial charge in [-0.2, -0.15) is 0 Å². The van der Waals surface area contributed by atoms with Crippen LogP contribution in [0.1, 0.15) is 59.9 Å². The molecular formula is C19H30FN. The maximum atomic E-state index is 14.3. The van der Waals surface area contributed by atoms with Crippen LogP contribution < -0.4 is 5.32 Å². The zero-order valence-corrected chi connectivity index (χ0v) is 14.4. The summed E-state index contributed by atoms with van der Waals surface area (Å²) in [5, 5.41) is 3.60. The first kappa shape index (κ1) is 16.5. The predicted molar refractivity (Wildman–Crippen MR) is 88.0 cm³/mol. The second kappa shape index (κ2) is 5.39. The molecule has 1 fully saturated rings. The predicted octanol–water partition coefficient (Wildman–Crippen LogP) is 4.91. The summed E-state index contributed by atoms with van der Waals surface area (Å²) in [6, 6.07) is 7.31. The van der Waals surface area contributed by atoms with E-state index in [4.69, 9.17) is 0 Å². The zero-order valence-electron chi connectivity index (χ0n) is 14.4. The highest BCUT2D eigenvalue weighted by Gasteiger charge is 2.50. The minimum Gasteiger partial charge on any atom is -0.311 e. The highest BCUT2D eigenvalue weighted by Crippen LogP contribution is 2.54. The summed E-state index contributed by atoms with van der Waals surface area (Å²) in [5.41, 5.74) is 1.21. The topological polar surface area (TPSA) is 12.0 Å². The van der Waals surface area contributed by atoms with Crippen LogP contribution in [-0.2, 0) is 5.41 Å². The molecule has 1 aromatic carbocycles. The van der Waals surface area contributed by atoms with Crippen LogP contribution in [0, 0.1) is 17.2 Å². The van der Waals surface area contributed by atoms with Gasteiger partial charge in [0.15, 0.2) is 0 Å². The van der Waals surface area contributed by atoms with E-state index >= 15 is 0 Å². The fourth-order valence-corrected chi connectivity index (χ4v) is 3.28. The molecular weight excluding hydrogens is 261 g/mol. The average Bonchev–Trinajstić information content (AvgIpc) is 2.26. The van der Waals surface area contributed by atoms with E-state index in [2.05, 4.69) is 46.9 Å². The smallest absolute Gasteiger partial charge is 0.127 e. The van der Waals surface area contributed by atoms with Crippen LogP contribution in [-0.4, -0.2) is 12.1 Å². The standard InChI is InChI=1S/C19H30FN/c1-17(2,3)14-11-19(12-14,13-21-18(4,5)6)15-9-7-8-10-16(15)20/h7-10,14,21H,11-13H2,1-6H3. The van der Waals surface area contributed by atoms with Gasteiger partial charge in [0, 0.05) is 17.5 Å². The van der Waals surface area contributed by atoms with Crippen LogP contribution in [0.4, 0.5) is 4.39 Å². The van der Waals surface area contributed by atoms with Crippen LogP contribution in [0.15, 0.2) is 24.3 Å². The van der Waals surface area contributed by atoms with Gasteiger partial charge in [0.05, 0.1) is 0 Å². The molecule has 1 aliphatic rings. The lowest BCUT2D eigenvalue weighted by molar-refractivity contribution is 0.0389. The van der Waals surface area contributed by atoms with Gasteiger partial charge in [0.1, 0.15) is 5.82 Å². The number of hydrogen-bond acceptors (Lipinski definition) is 1. The first-order chi connectivity index (χ1) is 9.54. The Balaban J connectivity index is 2.24. The van der Waals surface area contributed by atoms with Crippen LogP contribution in [0.3, 0.4) is 0 Å².